The monoisotopic (exact) mass is 353 g/mol. The molecule has 2 saturated heterocycles. The Balaban J connectivity index is 2.02. The van der Waals surface area contributed by atoms with Crippen LogP contribution in [0, 0.1) is 5.41 Å². The van der Waals surface area contributed by atoms with Crippen LogP contribution < -0.4 is 5.32 Å². The smallest absolute Gasteiger partial charge is 0.234 e. The maximum absolute atomic E-state index is 12.4. The number of imide groups is 1. The van der Waals surface area contributed by atoms with Crippen LogP contribution in [0.15, 0.2) is 28.7 Å². The Bertz CT molecular complexity index is 559. The molecule has 3 unspecified atom stereocenters. The predicted molar refractivity (Wildman–Crippen MR) is 83.6 cm³/mol. The summed E-state index contributed by atoms with van der Waals surface area (Å²) in [5, 5.41) is 3.02. The molecule has 0 aliphatic carbocycles. The van der Waals surface area contributed by atoms with Crippen LogP contribution in [0.5, 0.6) is 0 Å². The van der Waals surface area contributed by atoms with Crippen LogP contribution in [0.1, 0.15) is 31.2 Å². The molecule has 2 aliphatic heterocycles. The van der Waals surface area contributed by atoms with Gasteiger partial charge in [0, 0.05) is 27.3 Å². The van der Waals surface area contributed by atoms with E-state index in [9.17, 15) is 9.59 Å². The lowest BCUT2D eigenvalue weighted by molar-refractivity contribution is -0.139. The average molecular weight is 354 g/mol. The highest BCUT2D eigenvalue weighted by atomic mass is 79.9. The fraction of sp³-hybridized carbons (Fsp3) is 0.467. The zero-order valence-electron chi connectivity index (χ0n) is 11.2. The third kappa shape index (κ3) is 2.42. The number of piperidine rings is 1. The van der Waals surface area contributed by atoms with E-state index in [1.165, 1.54) is 0 Å². The number of carbonyl (C=O) groups excluding carboxylic acids is 2. The van der Waals surface area contributed by atoms with Crippen LogP contribution in [-0.4, -0.2) is 22.8 Å². The fourth-order valence-electron chi connectivity index (χ4n) is 3.44. The van der Waals surface area contributed by atoms with Crippen molar-refractivity contribution >= 4 is 39.5 Å². The number of rotatable bonds is 1. The first-order chi connectivity index (χ1) is 9.50. The third-order valence-electron chi connectivity index (χ3n) is 4.20. The molecular formula is C15H16BrNO2S. The van der Waals surface area contributed by atoms with Crippen molar-refractivity contribution in [3.63, 3.8) is 0 Å². The summed E-state index contributed by atoms with van der Waals surface area (Å²) < 4.78 is 0.997. The van der Waals surface area contributed by atoms with Gasteiger partial charge in [-0.25, -0.2) is 0 Å². The summed E-state index contributed by atoms with van der Waals surface area (Å²) >= 11 is 5.29. The van der Waals surface area contributed by atoms with Crippen LogP contribution in [-0.2, 0) is 9.59 Å². The topological polar surface area (TPSA) is 46.2 Å². The van der Waals surface area contributed by atoms with Crippen LogP contribution in [0.2, 0.25) is 0 Å². The molecule has 2 amide bonds. The number of hydrogen-bond acceptors (Lipinski definition) is 3. The molecule has 5 heteroatoms. The number of nitrogens with one attached hydrogen (secondary N) is 1. The highest BCUT2D eigenvalue weighted by Gasteiger charge is 2.52. The Morgan fingerprint density at radius 2 is 2.00 bits per heavy atom. The molecule has 2 heterocycles. The van der Waals surface area contributed by atoms with E-state index in [0.717, 1.165) is 22.2 Å². The van der Waals surface area contributed by atoms with E-state index in [4.69, 9.17) is 0 Å². The number of halogens is 1. The van der Waals surface area contributed by atoms with Crippen LogP contribution >= 0.6 is 27.7 Å². The second-order valence-electron chi connectivity index (χ2n) is 5.76. The van der Waals surface area contributed by atoms with E-state index in [0.29, 0.717) is 11.7 Å². The zero-order chi connectivity index (χ0) is 14.3. The lowest BCUT2D eigenvalue weighted by Gasteiger charge is -2.39. The summed E-state index contributed by atoms with van der Waals surface area (Å²) in [6.45, 7) is 2.18. The largest absolute Gasteiger partial charge is 0.296 e. The Kier molecular flexibility index (Phi) is 3.67. The van der Waals surface area contributed by atoms with Gasteiger partial charge >= 0.3 is 0 Å². The molecule has 2 fully saturated rings. The lowest BCUT2D eigenvalue weighted by atomic mass is 9.66. The van der Waals surface area contributed by atoms with E-state index in [-0.39, 0.29) is 23.1 Å². The second kappa shape index (κ2) is 5.19. The normalized spacial score (nSPS) is 33.5. The predicted octanol–water partition coefficient (Wildman–Crippen LogP) is 3.09. The van der Waals surface area contributed by atoms with E-state index in [2.05, 4.69) is 28.2 Å². The summed E-state index contributed by atoms with van der Waals surface area (Å²) in [6.07, 6.45) is 1.38. The highest BCUT2D eigenvalue weighted by molar-refractivity contribution is 9.10. The quantitative estimate of drug-likeness (QED) is 0.789. The van der Waals surface area contributed by atoms with Gasteiger partial charge in [0.15, 0.2) is 0 Å². The van der Waals surface area contributed by atoms with Gasteiger partial charge in [-0.05, 0) is 24.1 Å². The van der Waals surface area contributed by atoms with Crippen molar-refractivity contribution in [2.45, 2.75) is 30.9 Å². The summed E-state index contributed by atoms with van der Waals surface area (Å²) in [5.74, 6) is 0.399. The molecule has 1 spiro atoms. The van der Waals surface area contributed by atoms with Crippen LogP contribution in [0.25, 0.3) is 0 Å². The SMILES string of the molecule is CC1CC2(CS1)CC(=O)NC(=O)C2c1ccc(Br)cc1. The first-order valence-corrected chi connectivity index (χ1v) is 8.55. The van der Waals surface area contributed by atoms with Crippen LogP contribution in [0.3, 0.4) is 0 Å². The Hall–Kier alpha value is -0.810. The Morgan fingerprint density at radius 3 is 2.60 bits per heavy atom. The summed E-state index contributed by atoms with van der Waals surface area (Å²) in [7, 11) is 0. The molecule has 1 aromatic carbocycles. The van der Waals surface area contributed by atoms with Gasteiger partial charge in [-0.2, -0.15) is 11.8 Å². The number of carbonyl (C=O) groups is 2. The molecule has 0 saturated carbocycles. The first kappa shape index (κ1) is 14.1. The molecule has 2 aliphatic rings. The maximum atomic E-state index is 12.4. The lowest BCUT2D eigenvalue weighted by Crippen LogP contribution is -2.51. The van der Waals surface area contributed by atoms with Gasteiger partial charge in [0.1, 0.15) is 0 Å². The zero-order valence-corrected chi connectivity index (χ0v) is 13.6. The number of thioether (sulfide) groups is 1. The van der Waals surface area contributed by atoms with Crippen molar-refractivity contribution in [2.75, 3.05) is 5.75 Å². The average Bonchev–Trinajstić information content (AvgIpc) is 2.72. The van der Waals surface area contributed by atoms with Crippen LogP contribution in [0.4, 0.5) is 0 Å². The Morgan fingerprint density at radius 1 is 1.30 bits per heavy atom. The van der Waals surface area contributed by atoms with E-state index < -0.39 is 0 Å². The summed E-state index contributed by atoms with van der Waals surface area (Å²) in [5.41, 5.74) is 0.796. The third-order valence-corrected chi connectivity index (χ3v) is 6.21. The number of amides is 2. The van der Waals surface area contributed by atoms with E-state index in [1.807, 2.05) is 36.0 Å². The standard InChI is InChI=1S/C15H16BrNO2S/c1-9-6-15(8-20-9)7-12(18)17-14(19)13(15)10-2-4-11(16)5-3-10/h2-5,9,13H,6-8H2,1H3,(H,17,18,19). The molecule has 106 valence electrons. The summed E-state index contributed by atoms with van der Waals surface area (Å²) in [4.78, 5) is 24.2. The minimum absolute atomic E-state index is 0.127. The highest BCUT2D eigenvalue weighted by Crippen LogP contribution is 2.53. The molecule has 0 aromatic heterocycles. The van der Waals surface area contributed by atoms with Crippen molar-refractivity contribution in [3.8, 4) is 0 Å². The van der Waals surface area contributed by atoms with Gasteiger partial charge in [0.2, 0.25) is 11.8 Å². The van der Waals surface area contributed by atoms with Gasteiger partial charge in [0.25, 0.3) is 0 Å². The molecular weight excluding hydrogens is 338 g/mol. The molecule has 3 rings (SSSR count). The van der Waals surface area contributed by atoms with Gasteiger partial charge in [-0.1, -0.05) is 35.0 Å². The molecule has 0 radical (unpaired) electrons. The van der Waals surface area contributed by atoms with Gasteiger partial charge in [-0.3, -0.25) is 14.9 Å². The maximum Gasteiger partial charge on any atom is 0.234 e. The van der Waals surface area contributed by atoms with Gasteiger partial charge in [-0.15, -0.1) is 0 Å². The van der Waals surface area contributed by atoms with Gasteiger partial charge in [0.05, 0.1) is 5.92 Å². The minimum Gasteiger partial charge on any atom is -0.296 e. The molecule has 3 atom stereocenters. The number of hydrogen-bond donors (Lipinski definition) is 1. The second-order valence-corrected chi connectivity index (χ2v) is 8.10. The van der Waals surface area contributed by atoms with Crippen molar-refractivity contribution in [3.05, 3.63) is 34.3 Å². The molecule has 20 heavy (non-hydrogen) atoms. The Labute approximate surface area is 131 Å². The first-order valence-electron chi connectivity index (χ1n) is 6.71. The van der Waals surface area contributed by atoms with Gasteiger partial charge < -0.3 is 0 Å². The van der Waals surface area contributed by atoms with E-state index in [1.54, 1.807) is 0 Å². The van der Waals surface area contributed by atoms with E-state index >= 15 is 0 Å². The molecule has 1 aromatic rings. The molecule has 0 bridgehead atoms. The fourth-order valence-corrected chi connectivity index (χ4v) is 5.15. The summed E-state index contributed by atoms with van der Waals surface area (Å²) in [6, 6.07) is 7.88. The minimum atomic E-state index is -0.217. The number of benzene rings is 1. The van der Waals surface area contributed by atoms with Crippen molar-refractivity contribution < 1.29 is 9.59 Å². The van der Waals surface area contributed by atoms with Crippen molar-refractivity contribution in [1.82, 2.24) is 5.32 Å². The molecule has 3 nitrogen and oxygen atoms in total. The van der Waals surface area contributed by atoms with Crippen molar-refractivity contribution in [1.29, 1.82) is 0 Å². The molecule has 1 N–H and O–H groups in total. The van der Waals surface area contributed by atoms with Crippen molar-refractivity contribution in [2.24, 2.45) is 5.41 Å².